The maximum atomic E-state index is 13.0. The third-order valence-corrected chi connectivity index (χ3v) is 3.84. The van der Waals surface area contributed by atoms with Crippen LogP contribution in [0.3, 0.4) is 0 Å². The number of rotatable bonds is 2. The number of hydrogen-bond acceptors (Lipinski definition) is 3. The molecule has 0 saturated heterocycles. The van der Waals surface area contributed by atoms with Crippen LogP contribution in [0.4, 0.5) is 13.2 Å². The van der Waals surface area contributed by atoms with Gasteiger partial charge in [0.1, 0.15) is 0 Å². The SMILES string of the molecule is Cc1cn(-c2ccnc3ccc(C(F)(F)F)cc23)cc1C(=O)NC(=N)N. The molecule has 0 unspecified atom stereocenters. The smallest absolute Gasteiger partial charge is 0.370 e. The lowest BCUT2D eigenvalue weighted by Crippen LogP contribution is -2.35. The minimum absolute atomic E-state index is 0.261. The Bertz CT molecular complexity index is 1020. The summed E-state index contributed by atoms with van der Waals surface area (Å²) in [6, 6.07) is 4.88. The van der Waals surface area contributed by atoms with E-state index in [9.17, 15) is 18.0 Å². The molecule has 9 heteroatoms. The molecular weight excluding hydrogens is 347 g/mol. The van der Waals surface area contributed by atoms with Crippen molar-refractivity contribution < 1.29 is 18.0 Å². The first-order chi connectivity index (χ1) is 12.2. The monoisotopic (exact) mass is 361 g/mol. The number of aryl methyl sites for hydroxylation is 1. The van der Waals surface area contributed by atoms with Crippen LogP contribution in [0.25, 0.3) is 16.6 Å². The van der Waals surface area contributed by atoms with Gasteiger partial charge in [0.05, 0.1) is 22.3 Å². The second-order valence-corrected chi connectivity index (χ2v) is 5.69. The molecule has 3 aromatic rings. The van der Waals surface area contributed by atoms with Crippen molar-refractivity contribution in [1.29, 1.82) is 5.41 Å². The third-order valence-electron chi connectivity index (χ3n) is 3.84. The first kappa shape index (κ1) is 17.5. The number of amides is 1. The van der Waals surface area contributed by atoms with Crippen LogP contribution in [0.15, 0.2) is 42.9 Å². The van der Waals surface area contributed by atoms with E-state index in [2.05, 4.69) is 10.3 Å². The molecule has 0 bridgehead atoms. The van der Waals surface area contributed by atoms with E-state index in [1.54, 1.807) is 23.8 Å². The van der Waals surface area contributed by atoms with Gasteiger partial charge in [0, 0.05) is 24.0 Å². The molecule has 1 amide bonds. The van der Waals surface area contributed by atoms with Gasteiger partial charge in [0.25, 0.3) is 5.91 Å². The van der Waals surface area contributed by atoms with Crippen LogP contribution < -0.4 is 11.1 Å². The Morgan fingerprint density at radius 3 is 2.65 bits per heavy atom. The van der Waals surface area contributed by atoms with Gasteiger partial charge in [-0.1, -0.05) is 0 Å². The van der Waals surface area contributed by atoms with Crippen LogP contribution in [0.5, 0.6) is 0 Å². The minimum atomic E-state index is -4.47. The van der Waals surface area contributed by atoms with Crippen molar-refractivity contribution in [3.8, 4) is 5.69 Å². The zero-order valence-corrected chi connectivity index (χ0v) is 13.6. The van der Waals surface area contributed by atoms with E-state index in [1.165, 1.54) is 18.5 Å². The Hall–Kier alpha value is -3.36. The van der Waals surface area contributed by atoms with Gasteiger partial charge < -0.3 is 10.3 Å². The van der Waals surface area contributed by atoms with Gasteiger partial charge >= 0.3 is 6.18 Å². The van der Waals surface area contributed by atoms with E-state index in [0.717, 1.165) is 12.1 Å². The van der Waals surface area contributed by atoms with Crippen LogP contribution in [0, 0.1) is 12.3 Å². The van der Waals surface area contributed by atoms with Crippen LogP contribution in [0.2, 0.25) is 0 Å². The van der Waals surface area contributed by atoms with Crippen molar-refractivity contribution in [1.82, 2.24) is 14.9 Å². The van der Waals surface area contributed by atoms with E-state index >= 15 is 0 Å². The number of nitrogens with one attached hydrogen (secondary N) is 2. The van der Waals surface area contributed by atoms with Gasteiger partial charge in [-0.3, -0.25) is 20.5 Å². The minimum Gasteiger partial charge on any atom is -0.370 e. The summed E-state index contributed by atoms with van der Waals surface area (Å²) in [5.41, 5.74) is 6.08. The molecule has 1 aromatic carbocycles. The van der Waals surface area contributed by atoms with Gasteiger partial charge in [0.15, 0.2) is 5.96 Å². The van der Waals surface area contributed by atoms with E-state index in [0.29, 0.717) is 22.2 Å². The van der Waals surface area contributed by atoms with Gasteiger partial charge in [-0.05, 0) is 36.8 Å². The van der Waals surface area contributed by atoms with E-state index in [1.807, 2.05) is 0 Å². The summed E-state index contributed by atoms with van der Waals surface area (Å²) < 4.78 is 40.7. The van der Waals surface area contributed by atoms with Crippen molar-refractivity contribution >= 4 is 22.8 Å². The number of aromatic nitrogens is 2. The number of fused-ring (bicyclic) bond motifs is 1. The fraction of sp³-hybridized carbons (Fsp3) is 0.118. The van der Waals surface area contributed by atoms with Crippen LogP contribution in [-0.4, -0.2) is 21.4 Å². The summed E-state index contributed by atoms with van der Waals surface area (Å²) in [6.07, 6.45) is 0.0999. The lowest BCUT2D eigenvalue weighted by Gasteiger charge is -2.11. The lowest BCUT2D eigenvalue weighted by molar-refractivity contribution is -0.137. The summed E-state index contributed by atoms with van der Waals surface area (Å²) in [6.45, 7) is 1.68. The Labute approximate surface area is 146 Å². The number of carbonyl (C=O) groups is 1. The number of hydrogen-bond donors (Lipinski definition) is 3. The number of nitrogens with two attached hydrogens (primary N) is 1. The topological polar surface area (TPSA) is 96.8 Å². The lowest BCUT2D eigenvalue weighted by atomic mass is 10.1. The standard InChI is InChI=1S/C17H14F3N5O/c1-9-7-25(8-12(9)15(26)24-16(21)22)14-4-5-23-13-3-2-10(6-11(13)14)17(18,19)20/h2-8H,1H3,(H4,21,22,24,26). The van der Waals surface area contributed by atoms with Gasteiger partial charge in [-0.15, -0.1) is 0 Å². The largest absolute Gasteiger partial charge is 0.416 e. The van der Waals surface area contributed by atoms with Crippen molar-refractivity contribution in [3.05, 3.63) is 59.5 Å². The Balaban J connectivity index is 2.14. The molecule has 134 valence electrons. The summed E-state index contributed by atoms with van der Waals surface area (Å²) >= 11 is 0. The van der Waals surface area contributed by atoms with Crippen LogP contribution in [-0.2, 0) is 6.18 Å². The van der Waals surface area contributed by atoms with E-state index < -0.39 is 23.6 Å². The number of guanidine groups is 1. The molecule has 0 radical (unpaired) electrons. The predicted molar refractivity (Wildman–Crippen MR) is 90.2 cm³/mol. The molecule has 4 N–H and O–H groups in total. The average Bonchev–Trinajstić information content (AvgIpc) is 2.94. The highest BCUT2D eigenvalue weighted by atomic mass is 19.4. The predicted octanol–water partition coefficient (Wildman–Crippen LogP) is 2.98. The highest BCUT2D eigenvalue weighted by molar-refractivity contribution is 6.05. The number of halogens is 3. The van der Waals surface area contributed by atoms with Crippen molar-refractivity contribution in [2.45, 2.75) is 13.1 Å². The number of benzene rings is 1. The van der Waals surface area contributed by atoms with Crippen molar-refractivity contribution in [2.24, 2.45) is 5.73 Å². The third kappa shape index (κ3) is 3.23. The van der Waals surface area contributed by atoms with Crippen molar-refractivity contribution in [3.63, 3.8) is 0 Å². The highest BCUT2D eigenvalue weighted by Crippen LogP contribution is 2.33. The Kier molecular flexibility index (Phi) is 4.15. The zero-order chi connectivity index (χ0) is 19.1. The fourth-order valence-corrected chi connectivity index (χ4v) is 2.66. The van der Waals surface area contributed by atoms with Crippen molar-refractivity contribution in [2.75, 3.05) is 0 Å². The summed E-state index contributed by atoms with van der Waals surface area (Å²) in [7, 11) is 0. The molecule has 2 aromatic heterocycles. The normalized spacial score (nSPS) is 11.5. The number of alkyl halides is 3. The summed E-state index contributed by atoms with van der Waals surface area (Å²) in [5, 5.41) is 9.61. The number of nitrogens with zero attached hydrogens (tertiary/aromatic N) is 2. The van der Waals surface area contributed by atoms with E-state index in [-0.39, 0.29) is 5.56 Å². The first-order valence-electron chi connectivity index (χ1n) is 7.47. The molecule has 6 nitrogen and oxygen atoms in total. The molecule has 0 aliphatic heterocycles. The van der Waals surface area contributed by atoms with Gasteiger partial charge in [-0.25, -0.2) is 0 Å². The zero-order valence-electron chi connectivity index (χ0n) is 13.6. The first-order valence-corrected chi connectivity index (χ1v) is 7.47. The second kappa shape index (κ2) is 6.17. The Morgan fingerprint density at radius 1 is 1.27 bits per heavy atom. The fourth-order valence-electron chi connectivity index (χ4n) is 2.66. The maximum Gasteiger partial charge on any atom is 0.416 e. The molecule has 0 atom stereocenters. The quantitative estimate of drug-likeness (QED) is 0.484. The molecule has 0 fully saturated rings. The Morgan fingerprint density at radius 2 is 2.00 bits per heavy atom. The maximum absolute atomic E-state index is 13.0. The second-order valence-electron chi connectivity index (χ2n) is 5.69. The van der Waals surface area contributed by atoms with E-state index in [4.69, 9.17) is 11.1 Å². The summed E-state index contributed by atoms with van der Waals surface area (Å²) in [5.74, 6) is -1.06. The average molecular weight is 361 g/mol. The molecule has 3 rings (SSSR count). The molecular formula is C17H14F3N5O. The number of pyridine rings is 1. The molecule has 26 heavy (non-hydrogen) atoms. The molecule has 0 aliphatic carbocycles. The molecule has 0 aliphatic rings. The van der Waals surface area contributed by atoms with Crippen LogP contribution >= 0.6 is 0 Å². The van der Waals surface area contributed by atoms with Gasteiger partial charge in [-0.2, -0.15) is 13.2 Å². The van der Waals surface area contributed by atoms with Crippen LogP contribution in [0.1, 0.15) is 21.5 Å². The van der Waals surface area contributed by atoms with Gasteiger partial charge in [0.2, 0.25) is 0 Å². The summed E-state index contributed by atoms with van der Waals surface area (Å²) in [4.78, 5) is 16.2. The molecule has 2 heterocycles. The molecule has 0 saturated carbocycles. The number of carbonyl (C=O) groups excluding carboxylic acids is 1. The molecule has 0 spiro atoms. The highest BCUT2D eigenvalue weighted by Gasteiger charge is 2.30.